The van der Waals surface area contributed by atoms with Crippen molar-refractivity contribution in [2.75, 3.05) is 13.1 Å². The Morgan fingerprint density at radius 1 is 1.12 bits per heavy atom. The molecule has 10 heteroatoms. The van der Waals surface area contributed by atoms with Crippen molar-refractivity contribution >= 4 is 45.0 Å². The normalized spacial score (nSPS) is 24.2. The highest BCUT2D eigenvalue weighted by Crippen LogP contribution is 2.52. The first-order chi connectivity index (χ1) is 19.8. The molecule has 4 atom stereocenters. The second-order valence-corrected chi connectivity index (χ2v) is 15.3. The zero-order chi connectivity index (χ0) is 30.7. The van der Waals surface area contributed by atoms with Crippen molar-refractivity contribution in [2.24, 2.45) is 5.41 Å². The van der Waals surface area contributed by atoms with Crippen LogP contribution in [0.4, 0.5) is 0 Å². The molecule has 0 bridgehead atoms. The number of likely N-dealkylation sites (tertiary alicyclic amines) is 1. The highest BCUT2D eigenvalue weighted by Gasteiger charge is 2.53. The number of benzene rings is 2. The Hall–Kier alpha value is -2.39. The van der Waals surface area contributed by atoms with E-state index in [2.05, 4.69) is 16.6 Å². The van der Waals surface area contributed by atoms with E-state index in [0.717, 1.165) is 11.1 Å². The van der Waals surface area contributed by atoms with Gasteiger partial charge in [-0.1, -0.05) is 67.4 Å². The molecule has 1 heterocycles. The lowest BCUT2D eigenvalue weighted by molar-refractivity contribution is -0.157. The maximum absolute atomic E-state index is 14.6. The average molecular weight is 635 g/mol. The maximum atomic E-state index is 14.6. The molecule has 7 nitrogen and oxygen atoms in total. The van der Waals surface area contributed by atoms with Gasteiger partial charge in [0.15, 0.2) is 0 Å². The minimum Gasteiger partial charge on any atom is -0.356 e. The molecule has 4 rings (SSSR count). The van der Waals surface area contributed by atoms with Crippen LogP contribution in [0.15, 0.2) is 61.2 Å². The first-order valence-corrected chi connectivity index (χ1v) is 16.8. The van der Waals surface area contributed by atoms with E-state index in [1.54, 1.807) is 25.1 Å². The standard InChI is InChI=1S/C32H41Cl2N3O4S/c1-5-7-17-35-28(38)20-31(3)19-27(23-9-8-10-25(34)18-23)29(22-11-13-24(33)14-12-22)37(30(31)39)26(6-2)21-36-42(40,41)32(4)15-16-32/h5,8-14,18,26-27,29,36H,1,6-7,15-17,19-21H2,2-4H3,(H,35,38)/t26-,27+,29+,31+/m0/s1. The third kappa shape index (κ3) is 7.04. The first-order valence-electron chi connectivity index (χ1n) is 14.5. The molecule has 2 fully saturated rings. The van der Waals surface area contributed by atoms with Gasteiger partial charge >= 0.3 is 0 Å². The predicted molar refractivity (Wildman–Crippen MR) is 169 cm³/mol. The van der Waals surface area contributed by atoms with Gasteiger partial charge in [-0.2, -0.15) is 0 Å². The van der Waals surface area contributed by atoms with Gasteiger partial charge in [0.05, 0.1) is 16.2 Å². The molecule has 0 aromatic heterocycles. The number of carbonyl (C=O) groups excluding carboxylic acids is 2. The molecule has 1 saturated carbocycles. The SMILES string of the molecule is C=CCCNC(=O)C[C@@]1(C)C[C@H](c2cccc(Cl)c2)[C@@H](c2ccc(Cl)cc2)N([C@@H](CC)CNS(=O)(=O)C2(C)CC2)C1=O. The van der Waals surface area contributed by atoms with Crippen LogP contribution in [-0.4, -0.2) is 49.0 Å². The van der Waals surface area contributed by atoms with E-state index < -0.39 is 32.3 Å². The summed E-state index contributed by atoms with van der Waals surface area (Å²) in [6, 6.07) is 14.1. The summed E-state index contributed by atoms with van der Waals surface area (Å²) in [5, 5.41) is 4.06. The van der Waals surface area contributed by atoms with Gasteiger partial charge in [0.25, 0.3) is 0 Å². The Labute approximate surface area is 260 Å². The van der Waals surface area contributed by atoms with E-state index in [4.69, 9.17) is 23.2 Å². The largest absolute Gasteiger partial charge is 0.356 e. The number of nitrogens with zero attached hydrogens (tertiary/aromatic N) is 1. The summed E-state index contributed by atoms with van der Waals surface area (Å²) in [6.45, 7) is 9.76. The molecule has 228 valence electrons. The van der Waals surface area contributed by atoms with Gasteiger partial charge in [-0.3, -0.25) is 9.59 Å². The molecule has 42 heavy (non-hydrogen) atoms. The summed E-state index contributed by atoms with van der Waals surface area (Å²) >= 11 is 12.7. The third-order valence-corrected chi connectivity index (χ3v) is 11.5. The monoisotopic (exact) mass is 633 g/mol. The van der Waals surface area contributed by atoms with Gasteiger partial charge in [0, 0.05) is 41.5 Å². The molecule has 1 saturated heterocycles. The molecule has 1 aliphatic carbocycles. The fraction of sp³-hybridized carbons (Fsp3) is 0.500. The van der Waals surface area contributed by atoms with Gasteiger partial charge in [0.1, 0.15) is 0 Å². The van der Waals surface area contributed by atoms with Gasteiger partial charge in [-0.15, -0.1) is 6.58 Å². The topological polar surface area (TPSA) is 95.6 Å². The van der Waals surface area contributed by atoms with Gasteiger partial charge < -0.3 is 10.2 Å². The Kier molecular flexibility index (Phi) is 10.1. The Balaban J connectivity index is 1.80. The zero-order valence-electron chi connectivity index (χ0n) is 24.5. The van der Waals surface area contributed by atoms with Crippen LogP contribution in [0.25, 0.3) is 0 Å². The summed E-state index contributed by atoms with van der Waals surface area (Å²) in [7, 11) is -3.56. The molecular formula is C32H41Cl2N3O4S. The number of amides is 2. The van der Waals surface area contributed by atoms with Crippen LogP contribution in [0.3, 0.4) is 0 Å². The van der Waals surface area contributed by atoms with E-state index >= 15 is 0 Å². The van der Waals surface area contributed by atoms with Gasteiger partial charge in [0.2, 0.25) is 21.8 Å². The second kappa shape index (κ2) is 13.1. The third-order valence-electron chi connectivity index (χ3n) is 8.79. The minimum atomic E-state index is -3.56. The predicted octanol–water partition coefficient (Wildman–Crippen LogP) is 6.39. The summed E-state index contributed by atoms with van der Waals surface area (Å²) in [5.41, 5.74) is 0.785. The van der Waals surface area contributed by atoms with Crippen LogP contribution in [-0.2, 0) is 19.6 Å². The molecule has 0 radical (unpaired) electrons. The van der Waals surface area contributed by atoms with Gasteiger partial charge in [-0.25, -0.2) is 13.1 Å². The molecule has 0 spiro atoms. The first kappa shape index (κ1) is 32.5. The molecule has 2 aliphatic rings. The number of halogens is 2. The molecule has 0 unspecified atom stereocenters. The highest BCUT2D eigenvalue weighted by atomic mass is 35.5. The number of hydrogen-bond acceptors (Lipinski definition) is 4. The summed E-state index contributed by atoms with van der Waals surface area (Å²) in [5.74, 6) is -0.610. The van der Waals surface area contributed by atoms with Crippen LogP contribution < -0.4 is 10.0 Å². The van der Waals surface area contributed by atoms with Crippen LogP contribution in [0, 0.1) is 5.41 Å². The van der Waals surface area contributed by atoms with Crippen molar-refractivity contribution < 1.29 is 18.0 Å². The van der Waals surface area contributed by atoms with Crippen molar-refractivity contribution in [1.29, 1.82) is 0 Å². The van der Waals surface area contributed by atoms with Crippen molar-refractivity contribution in [1.82, 2.24) is 14.9 Å². The molecule has 2 aromatic rings. The number of piperidine rings is 1. The number of sulfonamides is 1. The van der Waals surface area contributed by atoms with E-state index in [9.17, 15) is 18.0 Å². The van der Waals surface area contributed by atoms with Crippen molar-refractivity contribution in [3.63, 3.8) is 0 Å². The van der Waals surface area contributed by atoms with Crippen molar-refractivity contribution in [3.8, 4) is 0 Å². The molecule has 2 aromatic carbocycles. The zero-order valence-corrected chi connectivity index (χ0v) is 26.9. The minimum absolute atomic E-state index is 0.00408. The fourth-order valence-electron chi connectivity index (χ4n) is 5.94. The smallest absolute Gasteiger partial charge is 0.229 e. The Bertz CT molecular complexity index is 1410. The van der Waals surface area contributed by atoms with Crippen LogP contribution >= 0.6 is 23.2 Å². The molecule has 2 N–H and O–H groups in total. The van der Waals surface area contributed by atoms with E-state index in [1.807, 2.05) is 55.1 Å². The van der Waals surface area contributed by atoms with E-state index in [0.29, 0.717) is 48.7 Å². The number of nitrogens with one attached hydrogen (secondary N) is 2. The highest BCUT2D eigenvalue weighted by molar-refractivity contribution is 7.91. The van der Waals surface area contributed by atoms with Crippen molar-refractivity contribution in [2.45, 2.75) is 82.0 Å². The lowest BCUT2D eigenvalue weighted by Gasteiger charge is -2.52. The molecular weight excluding hydrogens is 593 g/mol. The second-order valence-electron chi connectivity index (χ2n) is 12.1. The Morgan fingerprint density at radius 2 is 1.81 bits per heavy atom. The van der Waals surface area contributed by atoms with Gasteiger partial charge in [-0.05, 0) is 74.4 Å². The lowest BCUT2D eigenvalue weighted by atomic mass is 9.67. The lowest BCUT2D eigenvalue weighted by Crippen LogP contribution is -2.58. The van der Waals surface area contributed by atoms with Crippen LogP contribution in [0.1, 0.15) is 82.4 Å². The number of hydrogen-bond donors (Lipinski definition) is 2. The summed E-state index contributed by atoms with van der Waals surface area (Å²) in [6.07, 6.45) is 4.52. The molecule has 1 aliphatic heterocycles. The molecule has 2 amide bonds. The summed E-state index contributed by atoms with van der Waals surface area (Å²) < 4.78 is 28.3. The van der Waals surface area contributed by atoms with E-state index in [-0.39, 0.29) is 30.7 Å². The fourth-order valence-corrected chi connectivity index (χ4v) is 7.67. The van der Waals surface area contributed by atoms with Crippen molar-refractivity contribution in [3.05, 3.63) is 82.4 Å². The average Bonchev–Trinajstić information content (AvgIpc) is 3.71. The number of rotatable bonds is 13. The summed E-state index contributed by atoms with van der Waals surface area (Å²) in [4.78, 5) is 29.6. The Morgan fingerprint density at radius 3 is 2.40 bits per heavy atom. The van der Waals surface area contributed by atoms with Crippen LogP contribution in [0.5, 0.6) is 0 Å². The van der Waals surface area contributed by atoms with Crippen LogP contribution in [0.2, 0.25) is 10.0 Å². The number of carbonyl (C=O) groups is 2. The quantitative estimate of drug-likeness (QED) is 0.197. The van der Waals surface area contributed by atoms with E-state index in [1.165, 1.54) is 0 Å². The maximum Gasteiger partial charge on any atom is 0.229 e.